The molecule has 3 rings (SSSR count). The molecule has 0 saturated carbocycles. The molecule has 0 spiro atoms. The summed E-state index contributed by atoms with van der Waals surface area (Å²) in [6, 6.07) is 5.93. The molecule has 4 N–H and O–H groups in total. The summed E-state index contributed by atoms with van der Waals surface area (Å²) in [6.45, 7) is 10.4. The Balaban J connectivity index is 1.74. The van der Waals surface area contributed by atoms with Crippen molar-refractivity contribution in [3.63, 3.8) is 0 Å². The predicted octanol–water partition coefficient (Wildman–Crippen LogP) is -1.86. The van der Waals surface area contributed by atoms with Crippen molar-refractivity contribution < 1.29 is 19.5 Å². The van der Waals surface area contributed by atoms with Crippen LogP contribution in [0, 0.1) is 5.82 Å². The van der Waals surface area contributed by atoms with Crippen LogP contribution >= 0.6 is 0 Å². The summed E-state index contributed by atoms with van der Waals surface area (Å²) in [5.74, 6) is 0.0106. The van der Waals surface area contributed by atoms with Crippen LogP contribution in [-0.4, -0.2) is 39.3 Å². The summed E-state index contributed by atoms with van der Waals surface area (Å²) < 4.78 is 14.2. The molecule has 1 atom stereocenters. The molecule has 0 radical (unpaired) electrons. The number of benzene rings is 1. The van der Waals surface area contributed by atoms with E-state index in [1.54, 1.807) is 15.9 Å². The molecule has 2 aliphatic rings. The zero-order chi connectivity index (χ0) is 13.9. The highest BCUT2D eigenvalue weighted by Gasteiger charge is 2.36. The van der Waals surface area contributed by atoms with Gasteiger partial charge in [-0.3, -0.25) is 0 Å². The second kappa shape index (κ2) is 6.20. The fourth-order valence-electron chi connectivity index (χ4n) is 3.92. The number of halogens is 1. The van der Waals surface area contributed by atoms with Crippen molar-refractivity contribution in [2.45, 2.75) is 25.9 Å². The Morgan fingerprint density at radius 3 is 2.80 bits per heavy atom. The highest BCUT2D eigenvalue weighted by atomic mass is 19.1. The first-order chi connectivity index (χ1) is 9.79. The molecule has 20 heavy (non-hydrogen) atoms. The number of fused-ring (bicyclic) bond motifs is 1. The lowest BCUT2D eigenvalue weighted by Gasteiger charge is -2.36. The van der Waals surface area contributed by atoms with Gasteiger partial charge in [-0.2, -0.15) is 0 Å². The van der Waals surface area contributed by atoms with Crippen molar-refractivity contribution in [2.75, 3.05) is 39.3 Å². The monoisotopic (exact) mass is 280 g/mol. The van der Waals surface area contributed by atoms with E-state index in [-0.39, 0.29) is 5.82 Å². The molecule has 1 aromatic rings. The quantitative estimate of drug-likeness (QED) is 0.579. The average molecular weight is 280 g/mol. The molecule has 2 aliphatic heterocycles. The van der Waals surface area contributed by atoms with Gasteiger partial charge in [0.05, 0.1) is 12.1 Å². The zero-order valence-electron chi connectivity index (χ0n) is 12.4. The summed E-state index contributed by atoms with van der Waals surface area (Å²) in [4.78, 5) is 3.32. The SMILES string of the molecule is CCC[NH+]1CC[NH+]([C@@H]2C[NH2+]Cc3cccc(F)c32)CC1. The summed E-state index contributed by atoms with van der Waals surface area (Å²) >= 11 is 0. The van der Waals surface area contributed by atoms with E-state index >= 15 is 0 Å². The Hall–Kier alpha value is -0.970. The van der Waals surface area contributed by atoms with Gasteiger partial charge in [-0.05, 0) is 12.5 Å². The third-order valence-corrected chi connectivity index (χ3v) is 4.95. The van der Waals surface area contributed by atoms with Crippen molar-refractivity contribution >= 4 is 0 Å². The van der Waals surface area contributed by atoms with E-state index in [1.807, 2.05) is 6.07 Å². The molecule has 0 aromatic heterocycles. The van der Waals surface area contributed by atoms with Gasteiger partial charge in [-0.25, -0.2) is 4.39 Å². The van der Waals surface area contributed by atoms with E-state index < -0.39 is 0 Å². The Bertz CT molecular complexity index is 455. The van der Waals surface area contributed by atoms with Crippen LogP contribution in [0.2, 0.25) is 0 Å². The summed E-state index contributed by atoms with van der Waals surface area (Å²) in [5.41, 5.74) is 2.21. The van der Waals surface area contributed by atoms with Crippen LogP contribution in [0.5, 0.6) is 0 Å². The lowest BCUT2D eigenvalue weighted by Crippen LogP contribution is -3.29. The zero-order valence-corrected chi connectivity index (χ0v) is 12.4. The minimum atomic E-state index is 0.0106. The molecule has 0 aliphatic carbocycles. The standard InChI is InChI=1S/C16H24FN3/c1-2-6-19-7-9-20(10-8-19)15-12-18-11-13-4-3-5-14(17)16(13)15/h3-5,15,18H,2,6-12H2,1H3/p+3/t15-/m1/s1. The topological polar surface area (TPSA) is 25.5 Å². The van der Waals surface area contributed by atoms with E-state index in [4.69, 9.17) is 0 Å². The summed E-state index contributed by atoms with van der Waals surface area (Å²) in [7, 11) is 0. The van der Waals surface area contributed by atoms with Gasteiger partial charge in [-0.15, -0.1) is 0 Å². The average Bonchev–Trinajstić information content (AvgIpc) is 2.48. The van der Waals surface area contributed by atoms with Crippen molar-refractivity contribution in [3.8, 4) is 0 Å². The molecule has 1 saturated heterocycles. The van der Waals surface area contributed by atoms with Crippen LogP contribution in [0.4, 0.5) is 4.39 Å². The second-order valence-corrected chi connectivity index (χ2v) is 6.25. The lowest BCUT2D eigenvalue weighted by atomic mass is 9.94. The van der Waals surface area contributed by atoms with Gasteiger partial charge >= 0.3 is 0 Å². The molecule has 2 heterocycles. The van der Waals surface area contributed by atoms with Crippen molar-refractivity contribution in [1.29, 1.82) is 0 Å². The number of nitrogens with one attached hydrogen (secondary N) is 2. The van der Waals surface area contributed by atoms with Gasteiger partial charge in [-0.1, -0.05) is 19.1 Å². The van der Waals surface area contributed by atoms with Crippen LogP contribution < -0.4 is 15.1 Å². The van der Waals surface area contributed by atoms with Crippen LogP contribution in [-0.2, 0) is 6.54 Å². The van der Waals surface area contributed by atoms with Crippen LogP contribution in [0.3, 0.4) is 0 Å². The maximum Gasteiger partial charge on any atom is 0.166 e. The number of nitrogens with two attached hydrogens (primary N) is 1. The first-order valence-corrected chi connectivity index (χ1v) is 8.06. The van der Waals surface area contributed by atoms with E-state index in [0.29, 0.717) is 6.04 Å². The molecular weight excluding hydrogens is 253 g/mol. The molecule has 0 unspecified atom stereocenters. The van der Waals surface area contributed by atoms with E-state index in [0.717, 1.165) is 18.7 Å². The van der Waals surface area contributed by atoms with Crippen molar-refractivity contribution in [2.24, 2.45) is 0 Å². The second-order valence-electron chi connectivity index (χ2n) is 6.25. The first-order valence-electron chi connectivity index (χ1n) is 8.06. The number of rotatable bonds is 3. The maximum atomic E-state index is 14.2. The van der Waals surface area contributed by atoms with Crippen LogP contribution in [0.15, 0.2) is 18.2 Å². The fraction of sp³-hybridized carbons (Fsp3) is 0.625. The van der Waals surface area contributed by atoms with Gasteiger partial charge in [0, 0.05) is 5.56 Å². The highest BCUT2D eigenvalue weighted by Crippen LogP contribution is 2.20. The van der Waals surface area contributed by atoms with E-state index in [2.05, 4.69) is 18.3 Å². The number of quaternary nitrogens is 3. The number of piperazine rings is 1. The van der Waals surface area contributed by atoms with E-state index in [9.17, 15) is 4.39 Å². The van der Waals surface area contributed by atoms with Gasteiger partial charge in [0.1, 0.15) is 45.1 Å². The van der Waals surface area contributed by atoms with Gasteiger partial charge in [0.25, 0.3) is 0 Å². The van der Waals surface area contributed by atoms with Gasteiger partial charge in [0.2, 0.25) is 0 Å². The number of hydrogen-bond acceptors (Lipinski definition) is 0. The van der Waals surface area contributed by atoms with E-state index in [1.165, 1.54) is 44.7 Å². The minimum Gasteiger partial charge on any atom is -0.337 e. The largest absolute Gasteiger partial charge is 0.337 e. The minimum absolute atomic E-state index is 0.0106. The molecule has 3 nitrogen and oxygen atoms in total. The molecular formula is C16H27FN3+3. The predicted molar refractivity (Wildman–Crippen MR) is 76.2 cm³/mol. The highest BCUT2D eigenvalue weighted by molar-refractivity contribution is 5.30. The summed E-state index contributed by atoms with van der Waals surface area (Å²) in [6.07, 6.45) is 1.26. The molecule has 110 valence electrons. The van der Waals surface area contributed by atoms with Gasteiger partial charge in [0.15, 0.2) is 6.04 Å². The molecule has 0 bridgehead atoms. The Kier molecular flexibility index (Phi) is 4.34. The molecule has 1 aromatic carbocycles. The maximum absolute atomic E-state index is 14.2. The Morgan fingerprint density at radius 2 is 2.05 bits per heavy atom. The van der Waals surface area contributed by atoms with Crippen molar-refractivity contribution in [1.82, 2.24) is 0 Å². The Labute approximate surface area is 120 Å². The number of hydrogen-bond donors (Lipinski definition) is 3. The smallest absolute Gasteiger partial charge is 0.166 e. The first kappa shape index (κ1) is 14.0. The Morgan fingerprint density at radius 1 is 1.25 bits per heavy atom. The molecule has 0 amide bonds. The van der Waals surface area contributed by atoms with Crippen molar-refractivity contribution in [3.05, 3.63) is 35.1 Å². The van der Waals surface area contributed by atoms with Gasteiger partial charge < -0.3 is 15.1 Å². The molecule has 4 heteroatoms. The third-order valence-electron chi connectivity index (χ3n) is 4.95. The van der Waals surface area contributed by atoms with Crippen LogP contribution in [0.1, 0.15) is 30.5 Å². The third kappa shape index (κ3) is 2.73. The fourth-order valence-corrected chi connectivity index (χ4v) is 3.92. The molecule has 1 fully saturated rings. The van der Waals surface area contributed by atoms with Crippen LogP contribution in [0.25, 0.3) is 0 Å². The lowest BCUT2D eigenvalue weighted by molar-refractivity contribution is -1.03. The summed E-state index contributed by atoms with van der Waals surface area (Å²) in [5, 5.41) is 2.34. The normalized spacial score (nSPS) is 30.0.